The monoisotopic (exact) mass is 468 g/mol. The van der Waals surface area contributed by atoms with Gasteiger partial charge in [-0.1, -0.05) is 18.2 Å². The van der Waals surface area contributed by atoms with Crippen molar-refractivity contribution in [3.8, 4) is 0 Å². The molecule has 0 aliphatic heterocycles. The van der Waals surface area contributed by atoms with Gasteiger partial charge in [-0.05, 0) is 55.3 Å². The van der Waals surface area contributed by atoms with Crippen molar-refractivity contribution >= 4 is 50.2 Å². The van der Waals surface area contributed by atoms with Crippen molar-refractivity contribution in [2.75, 3.05) is 11.5 Å². The molecule has 170 valence electrons. The van der Waals surface area contributed by atoms with Crippen LogP contribution >= 0.6 is 0 Å². The van der Waals surface area contributed by atoms with Gasteiger partial charge in [-0.25, -0.2) is 4.79 Å². The molecule has 3 aromatic rings. The number of nitrogen functional groups attached to an aromatic ring is 2. The summed E-state index contributed by atoms with van der Waals surface area (Å²) in [7, 11) is -4.76. The molecule has 3 rings (SSSR count). The molecule has 0 heterocycles. The number of hydrogen-bond donors (Lipinski definition) is 4. The molecule has 0 aliphatic rings. The average Bonchev–Trinajstić information content (AvgIpc) is 2.74. The first-order valence-corrected chi connectivity index (χ1v) is 10.8. The highest BCUT2D eigenvalue weighted by Crippen LogP contribution is 2.43. The predicted octanol–water partition coefficient (Wildman–Crippen LogP) is 5.24. The van der Waals surface area contributed by atoms with Gasteiger partial charge in [0.15, 0.2) is 0 Å². The summed E-state index contributed by atoms with van der Waals surface area (Å²) in [6.45, 7) is 3.71. The summed E-state index contributed by atoms with van der Waals surface area (Å²) in [5.74, 6) is -1.16. The highest BCUT2D eigenvalue weighted by atomic mass is 32.2. The van der Waals surface area contributed by atoms with Crippen molar-refractivity contribution < 1.29 is 22.9 Å². The van der Waals surface area contributed by atoms with E-state index in [0.717, 1.165) is 17.2 Å². The van der Waals surface area contributed by atoms with E-state index in [1.165, 1.54) is 24.3 Å². The maximum Gasteiger partial charge on any atom is 0.335 e. The van der Waals surface area contributed by atoms with Gasteiger partial charge in [0, 0.05) is 0 Å². The molecule has 3 aromatic carbocycles. The fourth-order valence-electron chi connectivity index (χ4n) is 2.81. The molecular weight excluding hydrogens is 448 g/mol. The van der Waals surface area contributed by atoms with Crippen molar-refractivity contribution in [1.82, 2.24) is 0 Å². The molecule has 0 atom stereocenters. The van der Waals surface area contributed by atoms with E-state index in [4.69, 9.17) is 16.6 Å². The Morgan fingerprint density at radius 3 is 2.24 bits per heavy atom. The van der Waals surface area contributed by atoms with Crippen molar-refractivity contribution in [2.24, 2.45) is 20.5 Å². The van der Waals surface area contributed by atoms with Gasteiger partial charge in [0.2, 0.25) is 0 Å². The first-order chi connectivity index (χ1) is 15.5. The van der Waals surface area contributed by atoms with Gasteiger partial charge in [0.05, 0.1) is 28.3 Å². The zero-order valence-electron chi connectivity index (χ0n) is 17.6. The van der Waals surface area contributed by atoms with Crippen LogP contribution in [0.4, 0.5) is 34.1 Å². The van der Waals surface area contributed by atoms with Gasteiger partial charge in [0.1, 0.15) is 16.3 Å². The molecule has 0 aliphatic carbocycles. The number of nitrogens with two attached hydrogens (primary N) is 2. The van der Waals surface area contributed by atoms with E-state index in [0.29, 0.717) is 5.69 Å². The minimum atomic E-state index is -4.76. The van der Waals surface area contributed by atoms with Crippen LogP contribution in [0.3, 0.4) is 0 Å². The second-order valence-electron chi connectivity index (χ2n) is 7.09. The van der Waals surface area contributed by atoms with Crippen LogP contribution in [0.1, 0.15) is 21.5 Å². The minimum absolute atomic E-state index is 0.0258. The smallest absolute Gasteiger partial charge is 0.335 e. The number of anilines is 2. The van der Waals surface area contributed by atoms with Gasteiger partial charge in [0.25, 0.3) is 10.1 Å². The lowest BCUT2D eigenvalue weighted by molar-refractivity contribution is 0.0697. The Morgan fingerprint density at radius 2 is 1.58 bits per heavy atom. The molecule has 6 N–H and O–H groups in total. The molecule has 0 bridgehead atoms. The van der Waals surface area contributed by atoms with Crippen LogP contribution in [0.5, 0.6) is 0 Å². The van der Waals surface area contributed by atoms with Crippen LogP contribution in [0.25, 0.3) is 0 Å². The van der Waals surface area contributed by atoms with Crippen LogP contribution in [0, 0.1) is 13.8 Å². The second-order valence-corrected chi connectivity index (χ2v) is 8.48. The summed E-state index contributed by atoms with van der Waals surface area (Å²) in [6, 6.07) is 12.1. The van der Waals surface area contributed by atoms with Crippen molar-refractivity contribution in [3.63, 3.8) is 0 Å². The number of nitrogens with zero attached hydrogens (tertiary/aromatic N) is 4. The van der Waals surface area contributed by atoms with E-state index in [1.54, 1.807) is 6.07 Å². The molecule has 11 nitrogen and oxygen atoms in total. The molecule has 0 fully saturated rings. The lowest BCUT2D eigenvalue weighted by atomic mass is 10.1. The number of benzene rings is 3. The summed E-state index contributed by atoms with van der Waals surface area (Å²) in [5, 5.41) is 25.1. The number of aromatic carboxylic acids is 1. The van der Waals surface area contributed by atoms with Gasteiger partial charge in [-0.15, -0.1) is 10.2 Å². The number of carboxylic acid groups (broad SMARTS) is 1. The molecule has 0 radical (unpaired) electrons. The molecule has 0 aromatic heterocycles. The zero-order chi connectivity index (χ0) is 24.3. The van der Waals surface area contributed by atoms with Crippen molar-refractivity contribution in [3.05, 3.63) is 65.2 Å². The van der Waals surface area contributed by atoms with Crippen molar-refractivity contribution in [2.45, 2.75) is 18.7 Å². The lowest BCUT2D eigenvalue weighted by Gasteiger charge is -2.10. The highest BCUT2D eigenvalue weighted by Gasteiger charge is 2.22. The van der Waals surface area contributed by atoms with E-state index >= 15 is 0 Å². The van der Waals surface area contributed by atoms with Crippen LogP contribution in [-0.4, -0.2) is 24.0 Å². The highest BCUT2D eigenvalue weighted by molar-refractivity contribution is 7.86. The number of aryl methyl sites for hydroxylation is 2. The number of azo groups is 2. The van der Waals surface area contributed by atoms with E-state index in [9.17, 15) is 17.8 Å². The minimum Gasteiger partial charge on any atom is -0.478 e. The predicted molar refractivity (Wildman–Crippen MR) is 123 cm³/mol. The lowest BCUT2D eigenvalue weighted by Crippen LogP contribution is -2.05. The number of rotatable bonds is 6. The molecule has 0 saturated carbocycles. The molecule has 33 heavy (non-hydrogen) atoms. The first-order valence-electron chi connectivity index (χ1n) is 9.41. The van der Waals surface area contributed by atoms with Crippen molar-refractivity contribution in [1.29, 1.82) is 0 Å². The Hall–Kier alpha value is -4.16. The van der Waals surface area contributed by atoms with E-state index in [1.807, 2.05) is 26.0 Å². The van der Waals surface area contributed by atoms with Gasteiger partial charge < -0.3 is 16.6 Å². The number of hydrogen-bond acceptors (Lipinski definition) is 9. The molecule has 0 amide bonds. The van der Waals surface area contributed by atoms with E-state index in [-0.39, 0.29) is 28.3 Å². The normalized spacial score (nSPS) is 12.0. The topological polar surface area (TPSA) is 193 Å². The quantitative estimate of drug-likeness (QED) is 0.215. The molecule has 0 spiro atoms. The maximum absolute atomic E-state index is 11.9. The third-order valence-corrected chi connectivity index (χ3v) is 5.48. The standard InChI is InChI=1S/C21H20N6O5S/c1-11-6-7-12(2)15(8-11)25-26-16-10-17(33(30,31)32)19(23)20(18(16)22)27-24-14-5-3-4-13(9-14)21(28)29/h3-10H,22-23H2,1-2H3,(H,28,29)(H,30,31,32)/b26-25+,27-24+. The summed E-state index contributed by atoms with van der Waals surface area (Å²) >= 11 is 0. The van der Waals surface area contributed by atoms with Gasteiger partial charge >= 0.3 is 5.97 Å². The molecule has 12 heteroatoms. The first kappa shape index (κ1) is 23.5. The van der Waals surface area contributed by atoms with Crippen LogP contribution in [-0.2, 0) is 10.1 Å². The third kappa shape index (κ3) is 5.37. The zero-order valence-corrected chi connectivity index (χ0v) is 18.4. The molecule has 0 unspecified atom stereocenters. The van der Waals surface area contributed by atoms with Crippen LogP contribution in [0.2, 0.25) is 0 Å². The molecule has 0 saturated heterocycles. The van der Waals surface area contributed by atoms with Crippen LogP contribution in [0.15, 0.2) is 73.9 Å². The fraction of sp³-hybridized carbons (Fsp3) is 0.0952. The Kier molecular flexibility index (Phi) is 6.51. The van der Waals surface area contributed by atoms with Gasteiger partial charge in [-0.3, -0.25) is 4.55 Å². The van der Waals surface area contributed by atoms with E-state index < -0.39 is 26.7 Å². The largest absolute Gasteiger partial charge is 0.478 e. The van der Waals surface area contributed by atoms with Gasteiger partial charge in [-0.2, -0.15) is 18.6 Å². The summed E-state index contributed by atoms with van der Waals surface area (Å²) in [6.07, 6.45) is 0. The Labute approximate surface area is 189 Å². The maximum atomic E-state index is 11.9. The second kappa shape index (κ2) is 9.14. The molecular formula is C21H20N6O5S. The summed E-state index contributed by atoms with van der Waals surface area (Å²) in [4.78, 5) is 10.5. The summed E-state index contributed by atoms with van der Waals surface area (Å²) in [5.41, 5.74) is 13.5. The number of carboxylic acids is 1. The average molecular weight is 468 g/mol. The summed E-state index contributed by atoms with van der Waals surface area (Å²) < 4.78 is 33.3. The third-order valence-electron chi connectivity index (χ3n) is 4.59. The van der Waals surface area contributed by atoms with Crippen LogP contribution < -0.4 is 11.5 Å². The Morgan fingerprint density at radius 1 is 0.879 bits per heavy atom. The van der Waals surface area contributed by atoms with E-state index in [2.05, 4.69) is 20.5 Å². The Balaban J connectivity index is 2.14. The fourth-order valence-corrected chi connectivity index (χ4v) is 3.45. The SMILES string of the molecule is Cc1ccc(C)c(/N=N/c2cc(S(=O)(=O)O)c(N)c(/N=N/c3cccc(C(=O)O)c3)c2N)c1. The number of carbonyl (C=O) groups is 1. The Bertz CT molecular complexity index is 1420.